The molecule has 1 N–H and O–H groups in total. The van der Waals surface area contributed by atoms with Gasteiger partial charge in [0.05, 0.1) is 12.3 Å². The van der Waals surface area contributed by atoms with E-state index in [1.807, 2.05) is 32.0 Å². The molecular weight excluding hydrogens is 258 g/mol. The summed E-state index contributed by atoms with van der Waals surface area (Å²) in [6.45, 7) is 5.72. The fourth-order valence-corrected chi connectivity index (χ4v) is 1.96. The molecule has 0 aromatic heterocycles. The van der Waals surface area contributed by atoms with Gasteiger partial charge in [-0.25, -0.2) is 4.79 Å². The highest BCUT2D eigenvalue weighted by Crippen LogP contribution is 2.16. The van der Waals surface area contributed by atoms with E-state index in [9.17, 15) is 9.90 Å². The Labute approximate surface area is 119 Å². The molecule has 1 atom stereocenters. The van der Waals surface area contributed by atoms with Crippen LogP contribution in [0.1, 0.15) is 30.5 Å². The summed E-state index contributed by atoms with van der Waals surface area (Å²) in [7, 11) is 1.48. The molecule has 1 aromatic rings. The summed E-state index contributed by atoms with van der Waals surface area (Å²) >= 11 is 0. The van der Waals surface area contributed by atoms with Gasteiger partial charge in [-0.05, 0) is 26.3 Å². The molecular formula is C15H21NO4. The minimum absolute atomic E-state index is 0.187. The van der Waals surface area contributed by atoms with E-state index in [4.69, 9.17) is 9.57 Å². The summed E-state index contributed by atoms with van der Waals surface area (Å²) in [4.78, 5) is 16.3. The maximum Gasteiger partial charge on any atom is 0.335 e. The first-order valence-corrected chi connectivity index (χ1v) is 6.52. The Hall–Kier alpha value is -1.88. The van der Waals surface area contributed by atoms with Gasteiger partial charge in [-0.15, -0.1) is 0 Å². The number of carbonyl (C=O) groups is 1. The van der Waals surface area contributed by atoms with Gasteiger partial charge in [0.15, 0.2) is 6.10 Å². The largest absolute Gasteiger partial charge is 0.464 e. The average Bonchev–Trinajstić information content (AvgIpc) is 2.39. The van der Waals surface area contributed by atoms with E-state index in [1.54, 1.807) is 6.92 Å². The number of rotatable bonds is 6. The van der Waals surface area contributed by atoms with Gasteiger partial charge in [0, 0.05) is 12.0 Å². The number of aliphatic hydroxyl groups excluding tert-OH is 1. The third-order valence-electron chi connectivity index (χ3n) is 2.85. The molecule has 0 saturated carbocycles. The third kappa shape index (κ3) is 4.35. The zero-order chi connectivity index (χ0) is 15.1. The lowest BCUT2D eigenvalue weighted by atomic mass is 9.96. The summed E-state index contributed by atoms with van der Waals surface area (Å²) in [5.74, 6) is -0.610. The Morgan fingerprint density at radius 1 is 1.45 bits per heavy atom. The monoisotopic (exact) mass is 279 g/mol. The summed E-state index contributed by atoms with van der Waals surface area (Å²) in [5.41, 5.74) is 3.42. The van der Waals surface area contributed by atoms with Crippen LogP contribution in [0, 0.1) is 6.92 Å². The maximum absolute atomic E-state index is 11.5. The highest BCUT2D eigenvalue weighted by atomic mass is 16.6. The molecule has 0 heterocycles. The molecule has 0 bridgehead atoms. The van der Waals surface area contributed by atoms with Gasteiger partial charge in [0.25, 0.3) is 0 Å². The molecule has 110 valence electrons. The van der Waals surface area contributed by atoms with Crippen LogP contribution in [-0.2, 0) is 20.8 Å². The SMILES string of the molecule is CCOC(=O)C(O)Cc1cc(C)ccc1/C(C)=N/OC. The fraction of sp³-hybridized carbons (Fsp3) is 0.467. The molecule has 1 aromatic carbocycles. The first-order valence-electron chi connectivity index (χ1n) is 6.52. The van der Waals surface area contributed by atoms with Crippen molar-refractivity contribution in [3.05, 3.63) is 34.9 Å². The van der Waals surface area contributed by atoms with E-state index in [-0.39, 0.29) is 13.0 Å². The van der Waals surface area contributed by atoms with Gasteiger partial charge in [-0.2, -0.15) is 0 Å². The lowest BCUT2D eigenvalue weighted by molar-refractivity contribution is -0.152. The van der Waals surface area contributed by atoms with E-state index in [2.05, 4.69) is 5.16 Å². The molecule has 0 aliphatic rings. The number of aryl methyl sites for hydroxylation is 1. The van der Waals surface area contributed by atoms with Crippen LogP contribution in [0.4, 0.5) is 0 Å². The van der Waals surface area contributed by atoms with Crippen LogP contribution >= 0.6 is 0 Å². The van der Waals surface area contributed by atoms with Crippen molar-refractivity contribution in [3.8, 4) is 0 Å². The minimum Gasteiger partial charge on any atom is -0.464 e. The summed E-state index contributed by atoms with van der Waals surface area (Å²) in [6.07, 6.45) is -0.988. The molecule has 0 amide bonds. The number of oxime groups is 1. The number of hydrogen-bond donors (Lipinski definition) is 1. The molecule has 0 fully saturated rings. The molecule has 0 saturated heterocycles. The smallest absolute Gasteiger partial charge is 0.335 e. The number of carbonyl (C=O) groups excluding carboxylic acids is 1. The number of benzene rings is 1. The summed E-state index contributed by atoms with van der Waals surface area (Å²) < 4.78 is 4.81. The normalized spacial score (nSPS) is 12.9. The molecule has 1 rings (SSSR count). The Kier molecular flexibility index (Phi) is 6.18. The second-order valence-electron chi connectivity index (χ2n) is 4.49. The molecule has 5 nitrogen and oxygen atoms in total. The first kappa shape index (κ1) is 16.2. The Balaban J connectivity index is 3.01. The van der Waals surface area contributed by atoms with E-state index in [1.165, 1.54) is 7.11 Å². The van der Waals surface area contributed by atoms with Crippen molar-refractivity contribution in [1.82, 2.24) is 0 Å². The lowest BCUT2D eigenvalue weighted by Gasteiger charge is -2.14. The van der Waals surface area contributed by atoms with Crippen molar-refractivity contribution in [1.29, 1.82) is 0 Å². The number of nitrogens with zero attached hydrogens (tertiary/aromatic N) is 1. The summed E-state index contributed by atoms with van der Waals surface area (Å²) in [5, 5.41) is 13.8. The van der Waals surface area contributed by atoms with Crippen LogP contribution < -0.4 is 0 Å². The van der Waals surface area contributed by atoms with Crippen LogP contribution in [0.25, 0.3) is 0 Å². The van der Waals surface area contributed by atoms with E-state index >= 15 is 0 Å². The van der Waals surface area contributed by atoms with Crippen molar-refractivity contribution in [2.75, 3.05) is 13.7 Å². The second-order valence-corrected chi connectivity index (χ2v) is 4.49. The predicted molar refractivity (Wildman–Crippen MR) is 76.7 cm³/mol. The molecule has 0 aliphatic carbocycles. The predicted octanol–water partition coefficient (Wildman–Crippen LogP) is 1.83. The molecule has 5 heteroatoms. The highest BCUT2D eigenvalue weighted by Gasteiger charge is 2.19. The van der Waals surface area contributed by atoms with Crippen molar-refractivity contribution in [3.63, 3.8) is 0 Å². The molecule has 0 spiro atoms. The van der Waals surface area contributed by atoms with Gasteiger partial charge in [-0.1, -0.05) is 28.9 Å². The first-order chi connectivity index (χ1) is 9.49. The van der Waals surface area contributed by atoms with E-state index < -0.39 is 12.1 Å². The standard InChI is InChI=1S/C15H21NO4/c1-5-20-15(18)14(17)9-12-8-10(2)6-7-13(12)11(3)16-19-4/h6-8,14,17H,5,9H2,1-4H3/b16-11+. The Bertz CT molecular complexity index is 497. The van der Waals surface area contributed by atoms with Crippen molar-refractivity contribution in [2.45, 2.75) is 33.3 Å². The van der Waals surface area contributed by atoms with Crippen LogP contribution in [0.5, 0.6) is 0 Å². The Morgan fingerprint density at radius 2 is 2.15 bits per heavy atom. The maximum atomic E-state index is 11.5. The van der Waals surface area contributed by atoms with Crippen molar-refractivity contribution < 1.29 is 19.5 Å². The number of hydrogen-bond acceptors (Lipinski definition) is 5. The van der Waals surface area contributed by atoms with E-state index in [0.717, 1.165) is 16.7 Å². The van der Waals surface area contributed by atoms with Crippen molar-refractivity contribution >= 4 is 11.7 Å². The zero-order valence-electron chi connectivity index (χ0n) is 12.3. The van der Waals surface area contributed by atoms with Crippen LogP contribution in [-0.4, -0.2) is 36.6 Å². The van der Waals surface area contributed by atoms with Gasteiger partial charge in [0.1, 0.15) is 7.11 Å². The number of aliphatic hydroxyl groups is 1. The van der Waals surface area contributed by atoms with Crippen LogP contribution in [0.2, 0.25) is 0 Å². The zero-order valence-corrected chi connectivity index (χ0v) is 12.3. The average molecular weight is 279 g/mol. The van der Waals surface area contributed by atoms with E-state index in [0.29, 0.717) is 5.71 Å². The van der Waals surface area contributed by atoms with Gasteiger partial charge >= 0.3 is 5.97 Å². The molecule has 20 heavy (non-hydrogen) atoms. The highest BCUT2D eigenvalue weighted by molar-refractivity contribution is 5.99. The fourth-order valence-electron chi connectivity index (χ4n) is 1.96. The summed E-state index contributed by atoms with van der Waals surface area (Å²) in [6, 6.07) is 5.77. The minimum atomic E-state index is -1.18. The topological polar surface area (TPSA) is 68.1 Å². The Morgan fingerprint density at radius 3 is 2.75 bits per heavy atom. The van der Waals surface area contributed by atoms with Crippen LogP contribution in [0.15, 0.2) is 23.4 Å². The van der Waals surface area contributed by atoms with Crippen molar-refractivity contribution in [2.24, 2.45) is 5.16 Å². The third-order valence-corrected chi connectivity index (χ3v) is 2.85. The van der Waals surface area contributed by atoms with Gasteiger partial charge in [-0.3, -0.25) is 0 Å². The second kappa shape index (κ2) is 7.65. The number of ether oxygens (including phenoxy) is 1. The van der Waals surface area contributed by atoms with Gasteiger partial charge < -0.3 is 14.7 Å². The quantitative estimate of drug-likeness (QED) is 0.490. The number of esters is 1. The van der Waals surface area contributed by atoms with Gasteiger partial charge in [0.2, 0.25) is 0 Å². The molecule has 0 radical (unpaired) electrons. The lowest BCUT2D eigenvalue weighted by Crippen LogP contribution is -2.26. The molecule has 1 unspecified atom stereocenters. The molecule has 0 aliphatic heterocycles. The van der Waals surface area contributed by atoms with Crippen LogP contribution in [0.3, 0.4) is 0 Å².